The molecule has 0 amide bonds. The molecule has 4 aliphatic rings. The van der Waals surface area contributed by atoms with Gasteiger partial charge < -0.3 is 15.3 Å². The van der Waals surface area contributed by atoms with Gasteiger partial charge >= 0.3 is 11.9 Å². The van der Waals surface area contributed by atoms with Gasteiger partial charge in [0.2, 0.25) is 0 Å². The first-order valence-electron chi connectivity index (χ1n) is 12.4. The highest BCUT2D eigenvalue weighted by Crippen LogP contribution is 2.69. The number of alkyl halides is 2. The molecule has 0 saturated heterocycles. The smallest absolute Gasteiger partial charge is 0.374 e. The van der Waals surface area contributed by atoms with Gasteiger partial charge in [-0.15, -0.1) is 0 Å². The Balaban J connectivity index is 1.59. The van der Waals surface area contributed by atoms with Crippen molar-refractivity contribution in [3.05, 3.63) is 0 Å². The standard InChI is InChI=1S/C25H40F2O4/c1-4-16-19-13-15(28)8-10-24(19,3)18-9-11-23(2)14(7-12-25(26,27)22(30)31)5-6-17(23)20(18)21(16)29/h14-21,28-29H,4-13H2,1-3H3,(H,30,31)/t14-,15-,16-,17?,18?,19+,20?,21-,23-,24-/m1/s1. The highest BCUT2D eigenvalue weighted by Gasteiger charge is 2.64. The normalized spacial score (nSPS) is 49.8. The van der Waals surface area contributed by atoms with Gasteiger partial charge in [0.25, 0.3) is 0 Å². The van der Waals surface area contributed by atoms with Crippen LogP contribution in [0.2, 0.25) is 0 Å². The summed E-state index contributed by atoms with van der Waals surface area (Å²) < 4.78 is 27.6. The maximum atomic E-state index is 13.8. The van der Waals surface area contributed by atoms with Gasteiger partial charge in [0.1, 0.15) is 0 Å². The van der Waals surface area contributed by atoms with E-state index in [0.717, 1.165) is 51.4 Å². The molecule has 0 aromatic rings. The second-order valence-corrected chi connectivity index (χ2v) is 11.8. The summed E-state index contributed by atoms with van der Waals surface area (Å²) in [6.07, 6.45) is 6.25. The van der Waals surface area contributed by atoms with Gasteiger partial charge in [0.15, 0.2) is 0 Å². The van der Waals surface area contributed by atoms with E-state index in [-0.39, 0.29) is 41.1 Å². The lowest BCUT2D eigenvalue weighted by Crippen LogP contribution is -2.62. The fourth-order valence-corrected chi connectivity index (χ4v) is 9.00. The first kappa shape index (κ1) is 23.4. The van der Waals surface area contributed by atoms with Crippen molar-refractivity contribution in [2.75, 3.05) is 0 Å². The molecular weight excluding hydrogens is 402 g/mol. The van der Waals surface area contributed by atoms with Crippen LogP contribution in [0.15, 0.2) is 0 Å². The molecule has 31 heavy (non-hydrogen) atoms. The van der Waals surface area contributed by atoms with Gasteiger partial charge in [-0.05, 0) is 97.7 Å². The van der Waals surface area contributed by atoms with E-state index >= 15 is 0 Å². The lowest BCUT2D eigenvalue weighted by atomic mass is 9.41. The highest BCUT2D eigenvalue weighted by atomic mass is 19.3. The highest BCUT2D eigenvalue weighted by molar-refractivity contribution is 5.75. The van der Waals surface area contributed by atoms with Crippen LogP contribution in [0.5, 0.6) is 0 Å². The Morgan fingerprint density at radius 1 is 1.00 bits per heavy atom. The van der Waals surface area contributed by atoms with Crippen molar-refractivity contribution < 1.29 is 28.9 Å². The third-order valence-corrected chi connectivity index (χ3v) is 10.7. The monoisotopic (exact) mass is 442 g/mol. The Bertz CT molecular complexity index is 699. The molecule has 4 fully saturated rings. The van der Waals surface area contributed by atoms with Crippen LogP contribution < -0.4 is 0 Å². The predicted octanol–water partition coefficient (Wildman–Crippen LogP) is 5.11. The van der Waals surface area contributed by atoms with Crippen molar-refractivity contribution in [1.29, 1.82) is 0 Å². The fraction of sp³-hybridized carbons (Fsp3) is 0.960. The van der Waals surface area contributed by atoms with E-state index < -0.39 is 24.4 Å². The topological polar surface area (TPSA) is 77.8 Å². The van der Waals surface area contributed by atoms with E-state index in [9.17, 15) is 23.8 Å². The van der Waals surface area contributed by atoms with Crippen molar-refractivity contribution >= 4 is 5.97 Å². The van der Waals surface area contributed by atoms with Crippen LogP contribution in [0.25, 0.3) is 0 Å². The number of carboxylic acids is 1. The number of hydrogen-bond acceptors (Lipinski definition) is 3. The van der Waals surface area contributed by atoms with Gasteiger partial charge in [-0.3, -0.25) is 0 Å². The maximum absolute atomic E-state index is 13.8. The molecule has 0 aromatic carbocycles. The van der Waals surface area contributed by atoms with E-state index in [1.54, 1.807) is 0 Å². The molecule has 0 radical (unpaired) electrons. The average Bonchev–Trinajstić information content (AvgIpc) is 3.04. The van der Waals surface area contributed by atoms with E-state index in [4.69, 9.17) is 5.11 Å². The average molecular weight is 443 g/mol. The van der Waals surface area contributed by atoms with Gasteiger partial charge in [0, 0.05) is 6.42 Å². The van der Waals surface area contributed by atoms with Crippen molar-refractivity contribution in [1.82, 2.24) is 0 Å². The number of carboxylic acid groups (broad SMARTS) is 1. The molecule has 0 bridgehead atoms. The van der Waals surface area contributed by atoms with Crippen LogP contribution in [0.1, 0.15) is 85.0 Å². The van der Waals surface area contributed by atoms with Crippen LogP contribution in [0.3, 0.4) is 0 Å². The number of aliphatic hydroxyl groups is 2. The van der Waals surface area contributed by atoms with Gasteiger partial charge in [-0.25, -0.2) is 4.79 Å². The summed E-state index contributed by atoms with van der Waals surface area (Å²) in [5.41, 5.74) is 0.0198. The summed E-state index contributed by atoms with van der Waals surface area (Å²) in [5.74, 6) is -4.16. The molecule has 4 saturated carbocycles. The molecule has 0 aromatic heterocycles. The Labute approximate surface area is 184 Å². The molecule has 178 valence electrons. The number of carbonyl (C=O) groups is 1. The quantitative estimate of drug-likeness (QED) is 0.553. The van der Waals surface area contributed by atoms with Crippen LogP contribution in [-0.4, -0.2) is 39.4 Å². The van der Waals surface area contributed by atoms with Gasteiger partial charge in [0.05, 0.1) is 12.2 Å². The van der Waals surface area contributed by atoms with Crippen LogP contribution in [0, 0.1) is 46.3 Å². The van der Waals surface area contributed by atoms with Crippen LogP contribution in [0.4, 0.5) is 8.78 Å². The lowest BCUT2D eigenvalue weighted by molar-refractivity contribution is -0.202. The number of rotatable bonds is 5. The van der Waals surface area contributed by atoms with E-state index in [1.807, 2.05) is 0 Å². The van der Waals surface area contributed by atoms with Gasteiger partial charge in [-0.2, -0.15) is 8.78 Å². The molecule has 4 rings (SSSR count). The number of aliphatic hydroxyl groups excluding tert-OH is 2. The summed E-state index contributed by atoms with van der Waals surface area (Å²) in [7, 11) is 0. The molecule has 3 unspecified atom stereocenters. The fourth-order valence-electron chi connectivity index (χ4n) is 9.00. The summed E-state index contributed by atoms with van der Waals surface area (Å²) in [4.78, 5) is 10.9. The zero-order chi connectivity index (χ0) is 22.8. The second kappa shape index (κ2) is 7.93. The molecule has 0 spiro atoms. The first-order chi connectivity index (χ1) is 14.5. The summed E-state index contributed by atoms with van der Waals surface area (Å²) in [5, 5.41) is 30.8. The van der Waals surface area contributed by atoms with E-state index in [0.29, 0.717) is 17.8 Å². The molecule has 10 atom stereocenters. The van der Waals surface area contributed by atoms with Crippen LogP contribution in [-0.2, 0) is 4.79 Å². The third-order valence-electron chi connectivity index (χ3n) is 10.7. The Kier molecular flexibility index (Phi) is 5.99. The Hall–Kier alpha value is -0.750. The van der Waals surface area contributed by atoms with Crippen molar-refractivity contribution in [3.63, 3.8) is 0 Å². The van der Waals surface area contributed by atoms with Crippen LogP contribution >= 0.6 is 0 Å². The zero-order valence-electron chi connectivity index (χ0n) is 19.2. The summed E-state index contributed by atoms with van der Waals surface area (Å²) in [6, 6.07) is 0. The molecule has 4 aliphatic carbocycles. The minimum absolute atomic E-state index is 0.0923. The molecule has 0 heterocycles. The number of aliphatic carboxylic acids is 1. The Morgan fingerprint density at radius 2 is 1.65 bits per heavy atom. The minimum Gasteiger partial charge on any atom is -0.477 e. The largest absolute Gasteiger partial charge is 0.477 e. The number of hydrogen-bond donors (Lipinski definition) is 3. The number of fused-ring (bicyclic) bond motifs is 5. The summed E-state index contributed by atoms with van der Waals surface area (Å²) >= 11 is 0. The molecule has 3 N–H and O–H groups in total. The van der Waals surface area contributed by atoms with Crippen molar-refractivity contribution in [2.24, 2.45) is 46.3 Å². The van der Waals surface area contributed by atoms with E-state index in [2.05, 4.69) is 20.8 Å². The molecule has 0 aliphatic heterocycles. The lowest BCUT2D eigenvalue weighted by Gasteiger charge is -2.64. The first-order valence-corrected chi connectivity index (χ1v) is 12.4. The predicted molar refractivity (Wildman–Crippen MR) is 114 cm³/mol. The third kappa shape index (κ3) is 3.55. The number of halogens is 2. The Morgan fingerprint density at radius 3 is 2.29 bits per heavy atom. The van der Waals surface area contributed by atoms with Gasteiger partial charge in [-0.1, -0.05) is 27.2 Å². The molecule has 4 nitrogen and oxygen atoms in total. The van der Waals surface area contributed by atoms with Crippen molar-refractivity contribution in [2.45, 2.75) is 103 Å². The summed E-state index contributed by atoms with van der Waals surface area (Å²) in [6.45, 7) is 6.75. The molecule has 6 heteroatoms. The maximum Gasteiger partial charge on any atom is 0.374 e. The SMILES string of the molecule is CC[C@H]1[C@@H](O)C2C3CC[C@H](CCC(F)(F)C(=O)O)[C@@]3(C)CCC2[C@@]2(C)CC[C@@H](O)C[C@@H]12. The zero-order valence-corrected chi connectivity index (χ0v) is 19.2. The van der Waals surface area contributed by atoms with Crippen molar-refractivity contribution in [3.8, 4) is 0 Å². The molecular formula is C25H40F2O4. The second-order valence-electron chi connectivity index (χ2n) is 11.8. The van der Waals surface area contributed by atoms with E-state index in [1.165, 1.54) is 0 Å². The minimum atomic E-state index is -3.66.